The Balaban J connectivity index is 2.22. The van der Waals surface area contributed by atoms with Crippen LogP contribution in [-0.4, -0.2) is 38.4 Å². The number of hydrogen-bond acceptors (Lipinski definition) is 4. The van der Waals surface area contributed by atoms with Gasteiger partial charge in [0.2, 0.25) is 0 Å². The van der Waals surface area contributed by atoms with E-state index in [0.29, 0.717) is 19.4 Å². The predicted octanol–water partition coefficient (Wildman–Crippen LogP) is 0.949. The number of carbonyl (C=O) groups is 1. The van der Waals surface area contributed by atoms with E-state index in [2.05, 4.69) is 0 Å². The highest BCUT2D eigenvalue weighted by atomic mass is 32.2. The zero-order valence-corrected chi connectivity index (χ0v) is 9.88. The zero-order valence-electron chi connectivity index (χ0n) is 9.07. The lowest BCUT2D eigenvalue weighted by Crippen LogP contribution is -2.20. The van der Waals surface area contributed by atoms with Crippen molar-refractivity contribution < 1.29 is 17.9 Å². The second-order valence-corrected chi connectivity index (χ2v) is 6.28. The first-order valence-electron chi connectivity index (χ1n) is 5.40. The molecule has 88 valence electrons. The molecule has 1 aliphatic heterocycles. The molecule has 1 aliphatic rings. The third kappa shape index (κ3) is 4.30. The fraction of sp³-hybridized carbons (Fsp3) is 0.900. The highest BCUT2D eigenvalue weighted by Gasteiger charge is 2.23. The van der Waals surface area contributed by atoms with Gasteiger partial charge in [-0.2, -0.15) is 0 Å². The van der Waals surface area contributed by atoms with Crippen molar-refractivity contribution in [2.24, 2.45) is 0 Å². The van der Waals surface area contributed by atoms with Crippen LogP contribution >= 0.6 is 0 Å². The minimum absolute atomic E-state index is 0.0544. The standard InChI is InChI=1S/C10H18O4S/c1-2-15(12,13)8-4-5-9(11)10-6-3-7-14-10/h10H,2-8H2,1H3. The van der Waals surface area contributed by atoms with Crippen LogP contribution in [0.2, 0.25) is 0 Å². The number of ether oxygens (including phenoxy) is 1. The van der Waals surface area contributed by atoms with E-state index in [0.717, 1.165) is 12.8 Å². The van der Waals surface area contributed by atoms with E-state index >= 15 is 0 Å². The van der Waals surface area contributed by atoms with Crippen LogP contribution in [0.3, 0.4) is 0 Å². The summed E-state index contributed by atoms with van der Waals surface area (Å²) in [5.74, 6) is 0.321. The van der Waals surface area contributed by atoms with Gasteiger partial charge in [-0.15, -0.1) is 0 Å². The molecule has 0 spiro atoms. The molecule has 0 aromatic rings. The highest BCUT2D eigenvalue weighted by Crippen LogP contribution is 2.15. The Kier molecular flexibility index (Phi) is 4.73. The molecule has 1 unspecified atom stereocenters. The third-order valence-electron chi connectivity index (χ3n) is 2.61. The maximum absolute atomic E-state index is 11.5. The van der Waals surface area contributed by atoms with Crippen molar-refractivity contribution in [3.8, 4) is 0 Å². The maximum atomic E-state index is 11.5. The second kappa shape index (κ2) is 5.61. The Morgan fingerprint density at radius 2 is 2.20 bits per heavy atom. The van der Waals surface area contributed by atoms with Gasteiger partial charge in [0.25, 0.3) is 0 Å². The van der Waals surface area contributed by atoms with Gasteiger partial charge in [-0.25, -0.2) is 8.42 Å². The molecule has 1 atom stereocenters. The smallest absolute Gasteiger partial charge is 0.161 e. The number of ketones is 1. The largest absolute Gasteiger partial charge is 0.370 e. The van der Waals surface area contributed by atoms with Gasteiger partial charge in [0.1, 0.15) is 15.9 Å². The van der Waals surface area contributed by atoms with Gasteiger partial charge in [0.05, 0.1) is 5.75 Å². The second-order valence-electron chi connectivity index (χ2n) is 3.81. The maximum Gasteiger partial charge on any atom is 0.161 e. The quantitative estimate of drug-likeness (QED) is 0.686. The number of sulfone groups is 1. The summed E-state index contributed by atoms with van der Waals surface area (Å²) < 4.78 is 27.5. The SMILES string of the molecule is CCS(=O)(=O)CCCC(=O)C1CCCO1. The molecule has 5 heteroatoms. The lowest BCUT2D eigenvalue weighted by atomic mass is 10.1. The molecule has 0 radical (unpaired) electrons. The first-order valence-corrected chi connectivity index (χ1v) is 7.22. The van der Waals surface area contributed by atoms with Gasteiger partial charge in [0, 0.05) is 18.8 Å². The van der Waals surface area contributed by atoms with Crippen molar-refractivity contribution in [3.05, 3.63) is 0 Å². The normalized spacial score (nSPS) is 21.8. The lowest BCUT2D eigenvalue weighted by molar-refractivity contribution is -0.127. The van der Waals surface area contributed by atoms with E-state index in [4.69, 9.17) is 4.74 Å². The van der Waals surface area contributed by atoms with Crippen LogP contribution in [0, 0.1) is 0 Å². The Morgan fingerprint density at radius 1 is 1.47 bits per heavy atom. The topological polar surface area (TPSA) is 60.4 Å². The Bertz CT molecular complexity index is 301. The number of hydrogen-bond donors (Lipinski definition) is 0. The Hall–Kier alpha value is -0.420. The summed E-state index contributed by atoms with van der Waals surface area (Å²) in [6.45, 7) is 2.28. The summed E-state index contributed by atoms with van der Waals surface area (Å²) in [5, 5.41) is 0. The average molecular weight is 234 g/mol. The van der Waals surface area contributed by atoms with Crippen molar-refractivity contribution in [2.45, 2.75) is 38.7 Å². The van der Waals surface area contributed by atoms with Crippen LogP contribution in [0.1, 0.15) is 32.6 Å². The van der Waals surface area contributed by atoms with Crippen molar-refractivity contribution >= 4 is 15.6 Å². The van der Waals surface area contributed by atoms with Crippen LogP contribution in [0.4, 0.5) is 0 Å². The fourth-order valence-electron chi connectivity index (χ4n) is 1.60. The predicted molar refractivity (Wildman–Crippen MR) is 57.5 cm³/mol. The van der Waals surface area contributed by atoms with Gasteiger partial charge in [-0.3, -0.25) is 4.79 Å². The summed E-state index contributed by atoms with van der Waals surface area (Å²) in [6, 6.07) is 0. The van der Waals surface area contributed by atoms with Crippen LogP contribution in [-0.2, 0) is 19.4 Å². The van der Waals surface area contributed by atoms with Crippen molar-refractivity contribution in [3.63, 3.8) is 0 Å². The molecule has 0 bridgehead atoms. The molecule has 0 saturated carbocycles. The van der Waals surface area contributed by atoms with Crippen molar-refractivity contribution in [2.75, 3.05) is 18.1 Å². The van der Waals surface area contributed by atoms with E-state index in [9.17, 15) is 13.2 Å². The molecule has 1 fully saturated rings. The molecule has 0 aromatic carbocycles. The van der Waals surface area contributed by atoms with Crippen LogP contribution < -0.4 is 0 Å². The summed E-state index contributed by atoms with van der Waals surface area (Å²) in [4.78, 5) is 11.5. The molecular weight excluding hydrogens is 216 g/mol. The molecular formula is C10H18O4S. The Labute approximate surface area is 90.9 Å². The van der Waals surface area contributed by atoms with E-state index in [1.165, 1.54) is 0 Å². The number of carbonyl (C=O) groups excluding carboxylic acids is 1. The van der Waals surface area contributed by atoms with E-state index in [-0.39, 0.29) is 23.4 Å². The van der Waals surface area contributed by atoms with Crippen LogP contribution in [0.25, 0.3) is 0 Å². The monoisotopic (exact) mass is 234 g/mol. The molecule has 15 heavy (non-hydrogen) atoms. The van der Waals surface area contributed by atoms with Gasteiger partial charge < -0.3 is 4.74 Å². The van der Waals surface area contributed by atoms with Crippen molar-refractivity contribution in [1.82, 2.24) is 0 Å². The average Bonchev–Trinajstić information content (AvgIpc) is 2.70. The summed E-state index contributed by atoms with van der Waals surface area (Å²) in [6.07, 6.45) is 2.20. The van der Waals surface area contributed by atoms with E-state index < -0.39 is 9.84 Å². The molecule has 0 amide bonds. The minimum Gasteiger partial charge on any atom is -0.370 e. The minimum atomic E-state index is -2.93. The zero-order chi connectivity index (χ0) is 11.3. The summed E-state index contributed by atoms with van der Waals surface area (Å²) >= 11 is 0. The molecule has 1 rings (SSSR count). The molecule has 1 saturated heterocycles. The van der Waals surface area contributed by atoms with E-state index in [1.54, 1.807) is 6.92 Å². The summed E-state index contributed by atoms with van der Waals surface area (Å²) in [7, 11) is -2.93. The molecule has 4 nitrogen and oxygen atoms in total. The first kappa shape index (κ1) is 12.6. The van der Waals surface area contributed by atoms with Gasteiger partial charge >= 0.3 is 0 Å². The highest BCUT2D eigenvalue weighted by molar-refractivity contribution is 7.91. The molecule has 1 heterocycles. The number of Topliss-reactive ketones (excluding diaryl/α,β-unsaturated/α-hetero) is 1. The Morgan fingerprint density at radius 3 is 2.73 bits per heavy atom. The fourth-order valence-corrected chi connectivity index (χ4v) is 2.48. The number of rotatable bonds is 6. The van der Waals surface area contributed by atoms with Gasteiger partial charge in [-0.05, 0) is 19.3 Å². The van der Waals surface area contributed by atoms with Gasteiger partial charge in [0.15, 0.2) is 5.78 Å². The molecule has 0 aliphatic carbocycles. The third-order valence-corrected chi connectivity index (χ3v) is 4.40. The molecule has 0 N–H and O–H groups in total. The molecule has 0 aromatic heterocycles. The first-order chi connectivity index (χ1) is 7.05. The van der Waals surface area contributed by atoms with Crippen LogP contribution in [0.5, 0.6) is 0 Å². The van der Waals surface area contributed by atoms with Gasteiger partial charge in [-0.1, -0.05) is 6.92 Å². The summed E-state index contributed by atoms with van der Waals surface area (Å²) in [5.41, 5.74) is 0. The van der Waals surface area contributed by atoms with E-state index in [1.807, 2.05) is 0 Å². The van der Waals surface area contributed by atoms with Crippen molar-refractivity contribution in [1.29, 1.82) is 0 Å². The lowest BCUT2D eigenvalue weighted by Gasteiger charge is -2.07. The van der Waals surface area contributed by atoms with Crippen LogP contribution in [0.15, 0.2) is 0 Å².